The van der Waals surface area contributed by atoms with E-state index in [9.17, 15) is 4.79 Å². The van der Waals surface area contributed by atoms with E-state index in [-0.39, 0.29) is 23.4 Å². The van der Waals surface area contributed by atoms with Crippen molar-refractivity contribution in [1.82, 2.24) is 15.8 Å². The van der Waals surface area contributed by atoms with Gasteiger partial charge in [0, 0.05) is 24.3 Å². The number of carbonyl (C=O) groups excluding carboxylic acids is 1. The number of nitrogens with one attached hydrogen (secondary N) is 3. The lowest BCUT2D eigenvalue weighted by Crippen LogP contribution is -2.52. The zero-order valence-electron chi connectivity index (χ0n) is 19.2. The van der Waals surface area contributed by atoms with E-state index in [2.05, 4.69) is 73.2 Å². The maximum atomic E-state index is 12.3. The molecule has 0 aliphatic carbocycles. The highest BCUT2D eigenvalue weighted by atomic mass is 16.2. The molecular formula is C25H32N6O. The third-order valence-electron chi connectivity index (χ3n) is 5.80. The number of nitrogens with zero attached hydrogens (tertiary/aromatic N) is 3. The summed E-state index contributed by atoms with van der Waals surface area (Å²) < 4.78 is 0. The van der Waals surface area contributed by atoms with Gasteiger partial charge in [0.25, 0.3) is 0 Å². The van der Waals surface area contributed by atoms with E-state index in [1.54, 1.807) is 5.01 Å². The van der Waals surface area contributed by atoms with Crippen LogP contribution < -0.4 is 16.1 Å². The lowest BCUT2D eigenvalue weighted by Gasteiger charge is -2.29. The molecule has 2 unspecified atom stereocenters. The largest absolute Gasteiger partial charge is 0.385 e. The molecule has 1 amide bonds. The minimum absolute atomic E-state index is 0.0386. The average molecular weight is 433 g/mol. The molecule has 2 aliphatic heterocycles. The van der Waals surface area contributed by atoms with Crippen molar-refractivity contribution in [2.24, 2.45) is 15.9 Å². The van der Waals surface area contributed by atoms with Crippen LogP contribution in [0.5, 0.6) is 0 Å². The number of guanidine groups is 1. The zero-order chi connectivity index (χ0) is 22.7. The molecule has 0 aromatic heterocycles. The van der Waals surface area contributed by atoms with Crippen LogP contribution in [0.25, 0.3) is 0 Å². The van der Waals surface area contributed by atoms with Gasteiger partial charge in [0.05, 0.1) is 5.92 Å². The number of aliphatic imine (C=N–C) groups is 2. The Kier molecular flexibility index (Phi) is 6.17. The number of hydrogen-bond acceptors (Lipinski definition) is 6. The zero-order valence-corrected chi connectivity index (χ0v) is 19.2. The fourth-order valence-electron chi connectivity index (χ4n) is 3.76. The molecule has 2 atom stereocenters. The normalized spacial score (nSPS) is 20.2. The number of benzene rings is 2. The monoisotopic (exact) mass is 432 g/mol. The molecule has 2 heterocycles. The molecular weight excluding hydrogens is 400 g/mol. The van der Waals surface area contributed by atoms with E-state index in [0.29, 0.717) is 11.8 Å². The predicted molar refractivity (Wildman–Crippen MR) is 130 cm³/mol. The van der Waals surface area contributed by atoms with Crippen molar-refractivity contribution >= 4 is 23.4 Å². The molecule has 168 valence electrons. The van der Waals surface area contributed by atoms with E-state index in [1.165, 1.54) is 5.56 Å². The van der Waals surface area contributed by atoms with Gasteiger partial charge in [-0.3, -0.25) is 10.2 Å². The van der Waals surface area contributed by atoms with Gasteiger partial charge in [0.1, 0.15) is 0 Å². The van der Waals surface area contributed by atoms with Gasteiger partial charge in [-0.05, 0) is 36.5 Å². The van der Waals surface area contributed by atoms with E-state index in [4.69, 9.17) is 9.98 Å². The van der Waals surface area contributed by atoms with Gasteiger partial charge in [-0.15, -0.1) is 0 Å². The number of amidine groups is 1. The highest BCUT2D eigenvalue weighted by molar-refractivity contribution is 6.08. The van der Waals surface area contributed by atoms with Crippen molar-refractivity contribution in [1.29, 1.82) is 0 Å². The molecule has 2 aliphatic rings. The average Bonchev–Trinajstić information content (AvgIpc) is 3.07. The van der Waals surface area contributed by atoms with E-state index in [1.807, 2.05) is 25.1 Å². The number of hydrogen-bond donors (Lipinski definition) is 3. The van der Waals surface area contributed by atoms with E-state index in [0.717, 1.165) is 30.8 Å². The molecule has 1 saturated heterocycles. The summed E-state index contributed by atoms with van der Waals surface area (Å²) in [4.78, 5) is 21.9. The number of rotatable bonds is 6. The first-order valence-electron chi connectivity index (χ1n) is 11.2. The van der Waals surface area contributed by atoms with Crippen LogP contribution in [-0.2, 0) is 10.2 Å². The summed E-state index contributed by atoms with van der Waals surface area (Å²) >= 11 is 0. The number of fused-ring (bicyclic) bond motifs is 1. The number of amides is 1. The molecule has 0 bridgehead atoms. The lowest BCUT2D eigenvalue weighted by atomic mass is 9.86. The highest BCUT2D eigenvalue weighted by Crippen LogP contribution is 2.26. The molecule has 2 aromatic rings. The SMILES string of the molecule is CC1C(=O)NN2C(NCCCNc3ccccc3)=NC(c3ccc(C(C)(C)C)cc3)=NC12. The Labute approximate surface area is 190 Å². The smallest absolute Gasteiger partial charge is 0.245 e. The molecule has 0 spiro atoms. The minimum Gasteiger partial charge on any atom is -0.385 e. The summed E-state index contributed by atoms with van der Waals surface area (Å²) in [5, 5.41) is 8.56. The summed E-state index contributed by atoms with van der Waals surface area (Å²) in [6.45, 7) is 10.1. The fraction of sp³-hybridized carbons (Fsp3) is 0.400. The fourth-order valence-corrected chi connectivity index (χ4v) is 3.76. The van der Waals surface area contributed by atoms with E-state index < -0.39 is 0 Å². The molecule has 3 N–H and O–H groups in total. The van der Waals surface area contributed by atoms with Crippen molar-refractivity contribution in [3.63, 3.8) is 0 Å². The van der Waals surface area contributed by atoms with Gasteiger partial charge in [-0.1, -0.05) is 63.2 Å². The van der Waals surface area contributed by atoms with Gasteiger partial charge in [-0.25, -0.2) is 10.0 Å². The maximum Gasteiger partial charge on any atom is 0.245 e. The van der Waals surface area contributed by atoms with Crippen LogP contribution in [0.2, 0.25) is 0 Å². The first-order valence-corrected chi connectivity index (χ1v) is 11.2. The molecule has 32 heavy (non-hydrogen) atoms. The van der Waals surface area contributed by atoms with Crippen LogP contribution in [-0.4, -0.2) is 42.0 Å². The Morgan fingerprint density at radius 2 is 1.69 bits per heavy atom. The Balaban J connectivity index is 1.45. The number of para-hydroxylation sites is 1. The van der Waals surface area contributed by atoms with E-state index >= 15 is 0 Å². The first kappa shape index (κ1) is 21.9. The Bertz CT molecular complexity index is 1010. The summed E-state index contributed by atoms with van der Waals surface area (Å²) in [5.41, 5.74) is 6.31. The van der Waals surface area contributed by atoms with Crippen LogP contribution in [0.3, 0.4) is 0 Å². The predicted octanol–water partition coefficient (Wildman–Crippen LogP) is 3.50. The minimum atomic E-state index is -0.303. The first-order chi connectivity index (χ1) is 15.3. The topological polar surface area (TPSA) is 81.1 Å². The maximum absolute atomic E-state index is 12.3. The van der Waals surface area contributed by atoms with Gasteiger partial charge >= 0.3 is 0 Å². The molecule has 2 aromatic carbocycles. The second-order valence-corrected chi connectivity index (χ2v) is 9.34. The number of carbonyl (C=O) groups is 1. The summed E-state index contributed by atoms with van der Waals surface area (Å²) in [5.74, 6) is 1.01. The van der Waals surface area contributed by atoms with Crippen molar-refractivity contribution in [3.05, 3.63) is 65.7 Å². The third kappa shape index (κ3) is 4.77. The quantitative estimate of drug-likeness (QED) is 0.611. The van der Waals surface area contributed by atoms with Gasteiger partial charge in [-0.2, -0.15) is 4.99 Å². The summed E-state index contributed by atoms with van der Waals surface area (Å²) in [7, 11) is 0. The van der Waals surface area contributed by atoms with Crippen molar-refractivity contribution in [3.8, 4) is 0 Å². The van der Waals surface area contributed by atoms with Gasteiger partial charge in [0.2, 0.25) is 11.9 Å². The van der Waals surface area contributed by atoms with Crippen LogP contribution >= 0.6 is 0 Å². The van der Waals surface area contributed by atoms with Crippen LogP contribution in [0.15, 0.2) is 64.6 Å². The van der Waals surface area contributed by atoms with Crippen molar-refractivity contribution < 1.29 is 4.79 Å². The second-order valence-electron chi connectivity index (χ2n) is 9.34. The van der Waals surface area contributed by atoms with Crippen molar-refractivity contribution in [2.75, 3.05) is 18.4 Å². The molecule has 0 saturated carbocycles. The summed E-state index contributed by atoms with van der Waals surface area (Å²) in [6, 6.07) is 18.5. The molecule has 4 rings (SSSR count). The Hall–Kier alpha value is -3.35. The van der Waals surface area contributed by atoms with Crippen LogP contribution in [0.1, 0.15) is 45.2 Å². The molecule has 0 radical (unpaired) electrons. The number of anilines is 1. The number of hydrazine groups is 1. The molecule has 1 fully saturated rings. The molecule has 7 heteroatoms. The third-order valence-corrected chi connectivity index (χ3v) is 5.80. The second kappa shape index (κ2) is 9.02. The summed E-state index contributed by atoms with van der Waals surface area (Å²) in [6.07, 6.45) is 0.602. The standard InChI is InChI=1S/C25H32N6O/c1-17-22-28-21(18-11-13-19(14-12-18)25(2,3)4)29-24(31(22)30-23(17)32)27-16-8-15-26-20-9-6-5-7-10-20/h5-7,9-14,17,22,26H,8,15-16H2,1-4H3,(H,30,32)(H,27,28,29). The van der Waals surface area contributed by atoms with Gasteiger partial charge < -0.3 is 10.6 Å². The Morgan fingerprint density at radius 1 is 1.00 bits per heavy atom. The molecule has 7 nitrogen and oxygen atoms in total. The van der Waals surface area contributed by atoms with Gasteiger partial charge in [0.15, 0.2) is 12.0 Å². The highest BCUT2D eigenvalue weighted by Gasteiger charge is 2.42. The van der Waals surface area contributed by atoms with Crippen molar-refractivity contribution in [2.45, 2.75) is 45.7 Å². The Morgan fingerprint density at radius 3 is 2.38 bits per heavy atom. The van der Waals surface area contributed by atoms with Crippen LogP contribution in [0, 0.1) is 5.92 Å². The lowest BCUT2D eigenvalue weighted by molar-refractivity contribution is -0.122. The van der Waals surface area contributed by atoms with Crippen LogP contribution in [0.4, 0.5) is 5.69 Å².